The van der Waals surface area contributed by atoms with Crippen molar-refractivity contribution in [2.45, 2.75) is 456 Å². The van der Waals surface area contributed by atoms with Gasteiger partial charge in [-0.25, -0.2) is 8.78 Å². The number of piperidine rings is 2. The Morgan fingerprint density at radius 1 is 0.507 bits per heavy atom. The predicted molar refractivity (Wildman–Crippen MR) is 645 cm³/mol. The number of likely N-dealkylation sites (N-methyl/N-ethyl adjacent to an activating group) is 1. The van der Waals surface area contributed by atoms with Gasteiger partial charge in [0.25, 0.3) is 0 Å². The summed E-state index contributed by atoms with van der Waals surface area (Å²) in [5.74, 6) is 5.16. The Labute approximate surface area is 911 Å². The van der Waals surface area contributed by atoms with Crippen molar-refractivity contribution >= 4 is 16.6 Å². The van der Waals surface area contributed by atoms with E-state index in [1.54, 1.807) is 6.20 Å². The third-order valence-corrected chi connectivity index (χ3v) is 24.6. The molecular formula is C132H228F2N10O4. The Bertz CT molecular complexity index is 4380. The number of likely N-dealkylation sites (tertiary alicyclic amines) is 2. The quantitative estimate of drug-likeness (QED) is 0.0512. The highest BCUT2D eigenvalue weighted by Crippen LogP contribution is 2.30. The molecule has 6 fully saturated rings. The molecule has 6 aromatic carbocycles. The number of pyridine rings is 2. The summed E-state index contributed by atoms with van der Waals surface area (Å²) in [4.78, 5) is 18.8. The second-order valence-corrected chi connectivity index (χ2v) is 49.6. The van der Waals surface area contributed by atoms with Gasteiger partial charge in [0.2, 0.25) is 0 Å². The summed E-state index contributed by atoms with van der Waals surface area (Å²) in [6.45, 7) is 97.8. The van der Waals surface area contributed by atoms with Gasteiger partial charge in [0, 0.05) is 134 Å². The number of nitrogens with zero attached hydrogens (tertiary/aromatic N) is 6. The predicted octanol–water partition coefficient (Wildman–Crippen LogP) is 34.1. The lowest BCUT2D eigenvalue weighted by Crippen LogP contribution is -2.47. The summed E-state index contributed by atoms with van der Waals surface area (Å²) < 4.78 is 47.4. The molecule has 5 N–H and O–H groups in total. The molecule has 2 saturated carbocycles. The highest BCUT2D eigenvalue weighted by atomic mass is 19.1. The number of hydrogen-bond donors (Lipinski definition) is 4. The number of nitrogens with two attached hydrogens (primary N) is 1. The molecule has 0 spiro atoms. The SMILES string of the molecule is CC(C)(C)OCc1ccccc1.CC(C)(C)Oc1ccc2cccnc2c1.CC(C)C.CC(C)C.CC(C)N1CCCCC1.CC(C)N1CCN(C)CC1.CC(C)NC1CC1.CC(C)Nc1ccccc1.CC(C)OCC1CCCC1.CC1CCN(C(C)C)C1.CCC(CC)CCC(C)(C)C.Cc1ccc(CCOC(C)(C)C)cc1.Cc1cccc(C(C)(C)C)n1.NCc1cc(F)ccc1F.c1ccc(C2CCCNC2)cc1. The minimum absolute atomic E-state index is 0.0231. The molecule has 6 aliphatic rings. The van der Waals surface area contributed by atoms with Gasteiger partial charge in [0.15, 0.2) is 0 Å². The maximum atomic E-state index is 12.5. The van der Waals surface area contributed by atoms with Crippen LogP contribution in [0.3, 0.4) is 0 Å². The van der Waals surface area contributed by atoms with Crippen LogP contribution in [-0.2, 0) is 39.2 Å². The van der Waals surface area contributed by atoms with Crippen LogP contribution in [0.4, 0.5) is 14.5 Å². The maximum absolute atomic E-state index is 12.5. The van der Waals surface area contributed by atoms with Gasteiger partial charge < -0.3 is 55.3 Å². The van der Waals surface area contributed by atoms with Gasteiger partial charge >= 0.3 is 0 Å². The van der Waals surface area contributed by atoms with E-state index in [1.807, 2.05) is 100 Å². The number of aromatic nitrogens is 2. The van der Waals surface area contributed by atoms with E-state index in [0.717, 1.165) is 132 Å². The third-order valence-electron chi connectivity index (χ3n) is 24.6. The highest BCUT2D eigenvalue weighted by molar-refractivity contribution is 5.79. The molecule has 8 aromatic rings. The molecule has 2 aromatic heterocycles. The average Bonchev–Trinajstić information content (AvgIpc) is 0.968. The van der Waals surface area contributed by atoms with Crippen LogP contribution in [0.15, 0.2) is 188 Å². The van der Waals surface area contributed by atoms with Gasteiger partial charge in [-0.2, -0.15) is 0 Å². The molecule has 0 bridgehead atoms. The highest BCUT2D eigenvalue weighted by Gasteiger charge is 2.24. The molecule has 148 heavy (non-hydrogen) atoms. The normalized spacial score (nSPS) is 16.0. The number of benzene rings is 6. The third kappa shape index (κ3) is 81.6. The fourth-order valence-electron chi connectivity index (χ4n) is 15.7. The van der Waals surface area contributed by atoms with Crippen molar-refractivity contribution in [1.82, 2.24) is 40.2 Å². The molecule has 4 aliphatic heterocycles. The van der Waals surface area contributed by atoms with Gasteiger partial charge in [0.1, 0.15) is 23.0 Å². The summed E-state index contributed by atoms with van der Waals surface area (Å²) in [5.41, 5.74) is 15.6. The molecule has 14 nitrogen and oxygen atoms in total. The first-order valence-corrected chi connectivity index (χ1v) is 57.7. The Morgan fingerprint density at radius 3 is 1.47 bits per heavy atom. The summed E-state index contributed by atoms with van der Waals surface area (Å²) in [5, 5.41) is 11.3. The second kappa shape index (κ2) is 79.8. The lowest BCUT2D eigenvalue weighted by molar-refractivity contribution is -0.0149. The number of halogens is 2. The number of fused-ring (bicyclic) bond motifs is 1. The smallest absolute Gasteiger partial charge is 0.127 e. The number of nitrogens with one attached hydrogen (secondary N) is 3. The number of piperazine rings is 1. The fourth-order valence-corrected chi connectivity index (χ4v) is 15.7. The molecule has 2 atom stereocenters. The van der Waals surface area contributed by atoms with E-state index in [1.165, 1.54) is 190 Å². The lowest BCUT2D eigenvalue weighted by Gasteiger charge is -2.34. The first-order chi connectivity index (χ1) is 69.3. The van der Waals surface area contributed by atoms with Crippen molar-refractivity contribution in [3.8, 4) is 5.75 Å². The molecular weight excluding hydrogens is 1830 g/mol. The first-order valence-electron chi connectivity index (χ1n) is 57.7. The largest absolute Gasteiger partial charge is 0.488 e. The topological polar surface area (TPSA) is 138 Å². The van der Waals surface area contributed by atoms with Crippen molar-refractivity contribution < 1.29 is 27.7 Å². The van der Waals surface area contributed by atoms with E-state index in [2.05, 4.69) is 379 Å². The standard InChI is InChI=1S/C13H15NO.C13H20O.C11H15N.C11H16O.C11H24.C10H15N.C9H13N.C9H18O.C8H18N2.2C8H17N.C7H7F2N.C6H13N.2C4H10/c1-13(2,3)15-11-7-6-10-5-4-8-14-12(10)9-11;1-11-5-7-12(8-6-11)9-10-14-13(2,3)4;1-2-5-10(6-3-1)11-7-4-8-12-9-11;1-11(2,3)12-9-10-7-5-4-6-8-10;1-6-10(7-2)8-9-11(3,4)5;1-8-6-5-7-9(11-8)10(2,3)4;1-8(2)10-9-6-4-3-5-7-9;1-8(2)10-7-9-5-3-4-6-9;1-8(2)10-6-4-9(3)5-7-10;1-7(2)9-5-4-8(3)6-9;1-8(2)9-6-4-3-5-7-9;8-6-1-2-7(9)5(3-6)4-10;1-5(2)7-6-3-4-6;2*1-4(2)3/h4-9H,1-3H3;5-8H,9-10H2,1-4H3;1-3,5-6,11-12H,4,7-9H2;4-8H,9H2,1-3H3;10H,6-9H2,1-5H3;5-7H,1-4H3;3-8,10H,1-2H3;8-9H,3-7H2,1-2H3;8H,4-7H2,1-3H3;7-8H,4-6H2,1-3H3;8H,3-7H2,1-2H3;1-3H,4,10H2;5-7H,3-4H2,1-2H3;2*4H,1-3H3. The van der Waals surface area contributed by atoms with E-state index in [0.29, 0.717) is 30.2 Å². The summed E-state index contributed by atoms with van der Waals surface area (Å²) in [6, 6.07) is 63.6. The van der Waals surface area contributed by atoms with Gasteiger partial charge in [-0.15, -0.1) is 0 Å². The molecule has 2 aliphatic carbocycles. The van der Waals surface area contributed by atoms with E-state index < -0.39 is 11.6 Å². The van der Waals surface area contributed by atoms with Crippen molar-refractivity contribution in [2.24, 2.45) is 40.7 Å². The van der Waals surface area contributed by atoms with Crippen LogP contribution < -0.4 is 26.4 Å². The van der Waals surface area contributed by atoms with E-state index in [-0.39, 0.29) is 34.3 Å². The van der Waals surface area contributed by atoms with Crippen molar-refractivity contribution in [2.75, 3.05) is 91.0 Å². The maximum Gasteiger partial charge on any atom is 0.127 e. The molecule has 14 rings (SSSR count). The minimum atomic E-state index is -0.457. The number of para-hydroxylation sites is 1. The minimum Gasteiger partial charge on any atom is -0.488 e. The molecule has 16 heteroatoms. The Hall–Kier alpha value is -7.06. The monoisotopic (exact) mass is 2060 g/mol. The Morgan fingerprint density at radius 2 is 1.05 bits per heavy atom. The summed E-state index contributed by atoms with van der Waals surface area (Å²) >= 11 is 0. The van der Waals surface area contributed by atoms with E-state index in [4.69, 9.17) is 24.7 Å². The van der Waals surface area contributed by atoms with Crippen LogP contribution in [-0.4, -0.2) is 174 Å². The molecule has 2 unspecified atom stereocenters. The second-order valence-electron chi connectivity index (χ2n) is 49.6. The van der Waals surface area contributed by atoms with Crippen molar-refractivity contribution in [3.63, 3.8) is 0 Å². The average molecular weight is 2060 g/mol. The number of ether oxygens (including phenoxy) is 4. The number of anilines is 1. The number of rotatable bonds is 22. The van der Waals surface area contributed by atoms with Gasteiger partial charge in [-0.05, 0) is 374 Å². The summed E-state index contributed by atoms with van der Waals surface area (Å²) in [6.07, 6.45) is 25.5. The van der Waals surface area contributed by atoms with Gasteiger partial charge in [-0.1, -0.05) is 271 Å². The van der Waals surface area contributed by atoms with Crippen molar-refractivity contribution in [3.05, 3.63) is 239 Å². The Kier molecular flexibility index (Phi) is 76.0. The van der Waals surface area contributed by atoms with Crippen LogP contribution in [0.25, 0.3) is 10.9 Å². The van der Waals surface area contributed by atoms with E-state index >= 15 is 0 Å². The van der Waals surface area contributed by atoms with Gasteiger partial charge in [-0.3, -0.25) is 14.9 Å². The van der Waals surface area contributed by atoms with Crippen LogP contribution in [0.5, 0.6) is 5.75 Å². The fraction of sp³-hybridized carbons (Fsp3) is 0.667. The lowest BCUT2D eigenvalue weighted by atomic mass is 9.85. The van der Waals surface area contributed by atoms with E-state index in [9.17, 15) is 8.78 Å². The molecule has 0 amide bonds. The van der Waals surface area contributed by atoms with Crippen LogP contribution in [0.2, 0.25) is 0 Å². The Balaban J connectivity index is 0.00000158. The number of hydrogen-bond acceptors (Lipinski definition) is 14. The zero-order valence-electron chi connectivity index (χ0n) is 102. The zero-order chi connectivity index (χ0) is 112. The van der Waals surface area contributed by atoms with Crippen LogP contribution in [0.1, 0.15) is 397 Å². The van der Waals surface area contributed by atoms with Crippen LogP contribution in [0, 0.1) is 60.5 Å². The first kappa shape index (κ1) is 141. The van der Waals surface area contributed by atoms with Gasteiger partial charge in [0.05, 0.1) is 36.0 Å². The molecule has 4 saturated heterocycles. The number of aryl methyl sites for hydroxylation is 2. The summed E-state index contributed by atoms with van der Waals surface area (Å²) in [7, 11) is 2.19. The molecule has 0 radical (unpaired) electrons. The molecule has 844 valence electrons. The zero-order valence-corrected chi connectivity index (χ0v) is 102. The van der Waals surface area contributed by atoms with Crippen molar-refractivity contribution in [1.29, 1.82) is 0 Å². The van der Waals surface area contributed by atoms with Crippen LogP contribution >= 0.6 is 0 Å². The molecule has 6 heterocycles.